The number of rotatable bonds is 4. The maximum absolute atomic E-state index is 11.6. The minimum absolute atomic E-state index is 0.0903. The number of halogens is 1. The highest BCUT2D eigenvalue weighted by Gasteiger charge is 2.04. The summed E-state index contributed by atoms with van der Waals surface area (Å²) in [6.45, 7) is 1.86. The number of carbonyl (C=O) groups excluding carboxylic acids is 1. The van der Waals surface area contributed by atoms with Gasteiger partial charge in [0.05, 0.1) is 11.6 Å². The molecule has 18 heavy (non-hydrogen) atoms. The lowest BCUT2D eigenvalue weighted by molar-refractivity contribution is -0.119. The summed E-state index contributed by atoms with van der Waals surface area (Å²) in [6, 6.07) is 5.49. The summed E-state index contributed by atoms with van der Waals surface area (Å²) in [5.41, 5.74) is 12.3. The van der Waals surface area contributed by atoms with Gasteiger partial charge in [0.25, 0.3) is 0 Å². The number of aromatic nitrogens is 1. The second-order valence-corrected chi connectivity index (χ2v) is 4.11. The lowest BCUT2D eigenvalue weighted by Gasteiger charge is -2.04. The fourth-order valence-corrected chi connectivity index (χ4v) is 1.34. The van der Waals surface area contributed by atoms with E-state index in [0.29, 0.717) is 5.69 Å². The lowest BCUT2D eigenvalue weighted by atomic mass is 10.2. The highest BCUT2D eigenvalue weighted by Crippen LogP contribution is 1.99. The average Bonchev–Trinajstić information content (AvgIpc) is 2.26. The number of hydrogen-bond acceptors (Lipinski definition) is 4. The summed E-state index contributed by atoms with van der Waals surface area (Å²) in [6.07, 6.45) is 2.97. The van der Waals surface area contributed by atoms with Gasteiger partial charge in [-0.15, -0.1) is 0 Å². The highest BCUT2D eigenvalue weighted by molar-refractivity contribution is 6.29. The molecule has 0 spiro atoms. The Hall–Kier alpha value is -2.01. The number of hydrogen-bond donors (Lipinski definition) is 3. The van der Waals surface area contributed by atoms with Crippen molar-refractivity contribution in [1.82, 2.24) is 10.3 Å². The molecule has 1 rings (SSSR count). The summed E-state index contributed by atoms with van der Waals surface area (Å²) in [5.74, 6) is -0.0698. The third-order valence-electron chi connectivity index (χ3n) is 1.99. The Balaban J connectivity index is 2.57. The van der Waals surface area contributed by atoms with Crippen LogP contribution in [0.3, 0.4) is 0 Å². The van der Waals surface area contributed by atoms with Gasteiger partial charge in [-0.05, 0) is 31.2 Å². The molecule has 1 aromatic heterocycles. The van der Waals surface area contributed by atoms with Crippen LogP contribution in [0.1, 0.15) is 11.4 Å². The molecule has 5 N–H and O–H groups in total. The Morgan fingerprint density at radius 2 is 2.17 bits per heavy atom. The first-order chi connectivity index (χ1) is 8.47. The maximum Gasteiger partial charge on any atom is 0.231 e. The van der Waals surface area contributed by atoms with Crippen LogP contribution in [0.15, 0.2) is 41.3 Å². The molecule has 1 heterocycles. The molecule has 6 heteroatoms. The Bertz CT molecular complexity index is 493. The number of amides is 1. The molecule has 1 amide bonds. The molecule has 96 valence electrons. The predicted molar refractivity (Wildman–Crippen MR) is 71.2 cm³/mol. The van der Waals surface area contributed by atoms with Crippen molar-refractivity contribution in [3.8, 4) is 0 Å². The summed E-state index contributed by atoms with van der Waals surface area (Å²) >= 11 is 5.42. The third-order valence-corrected chi connectivity index (χ3v) is 2.12. The molecule has 0 radical (unpaired) electrons. The average molecular weight is 267 g/mol. The van der Waals surface area contributed by atoms with Crippen LogP contribution in [-0.2, 0) is 11.2 Å². The van der Waals surface area contributed by atoms with Crippen LogP contribution in [0, 0.1) is 6.92 Å². The molecular weight excluding hydrogens is 252 g/mol. The first kappa shape index (κ1) is 14.1. The molecular formula is C12H15ClN4O. The molecule has 0 aliphatic carbocycles. The van der Waals surface area contributed by atoms with Crippen LogP contribution >= 0.6 is 11.6 Å². The van der Waals surface area contributed by atoms with Gasteiger partial charge < -0.3 is 16.8 Å². The minimum Gasteiger partial charge on any atom is -0.389 e. The Labute approximate surface area is 111 Å². The van der Waals surface area contributed by atoms with Crippen LogP contribution in [0.4, 0.5) is 0 Å². The minimum atomic E-state index is -0.247. The molecule has 0 aliphatic rings. The van der Waals surface area contributed by atoms with Gasteiger partial charge in [0.2, 0.25) is 5.91 Å². The van der Waals surface area contributed by atoms with E-state index in [9.17, 15) is 4.79 Å². The van der Waals surface area contributed by atoms with E-state index in [1.54, 1.807) is 6.07 Å². The van der Waals surface area contributed by atoms with Crippen molar-refractivity contribution in [2.75, 3.05) is 0 Å². The van der Waals surface area contributed by atoms with Crippen molar-refractivity contribution < 1.29 is 4.79 Å². The second kappa shape index (κ2) is 6.66. The first-order valence-corrected chi connectivity index (χ1v) is 5.66. The fraction of sp³-hybridized carbons (Fsp3) is 0.167. The van der Waals surface area contributed by atoms with E-state index in [1.165, 1.54) is 12.2 Å². The van der Waals surface area contributed by atoms with Gasteiger partial charge in [-0.25, -0.2) is 0 Å². The van der Waals surface area contributed by atoms with Gasteiger partial charge in [-0.1, -0.05) is 17.7 Å². The van der Waals surface area contributed by atoms with Gasteiger partial charge in [0.15, 0.2) is 0 Å². The van der Waals surface area contributed by atoms with Crippen molar-refractivity contribution in [1.29, 1.82) is 0 Å². The quantitative estimate of drug-likeness (QED) is 0.557. The van der Waals surface area contributed by atoms with Gasteiger partial charge in [-0.3, -0.25) is 9.78 Å². The molecule has 0 fully saturated rings. The summed E-state index contributed by atoms with van der Waals surface area (Å²) in [5, 5.41) is 2.59. The van der Waals surface area contributed by atoms with E-state index in [1.807, 2.05) is 19.1 Å². The zero-order valence-electron chi connectivity index (χ0n) is 9.98. The standard InChI is InChI=1S/C12H15ClN4O/c1-8-3-2-4-9(16-8)7-12(18)17-11(15)6-5-10(13)14/h2-6H,7,14-15H2,1H3,(H,17,18)/b10-5-,11-6+. The zero-order chi connectivity index (χ0) is 13.5. The zero-order valence-corrected chi connectivity index (χ0v) is 10.7. The molecule has 0 saturated carbocycles. The molecule has 5 nitrogen and oxygen atoms in total. The molecule has 0 aromatic carbocycles. The van der Waals surface area contributed by atoms with Crippen LogP contribution in [0.5, 0.6) is 0 Å². The van der Waals surface area contributed by atoms with Gasteiger partial charge >= 0.3 is 0 Å². The number of carbonyl (C=O) groups is 1. The normalized spacial score (nSPS) is 12.3. The smallest absolute Gasteiger partial charge is 0.231 e. The van der Waals surface area contributed by atoms with E-state index in [4.69, 9.17) is 23.1 Å². The molecule has 0 unspecified atom stereocenters. The predicted octanol–water partition coefficient (Wildman–Crippen LogP) is 0.888. The Kier molecular flexibility index (Phi) is 5.20. The highest BCUT2D eigenvalue weighted by atomic mass is 35.5. The summed E-state index contributed by atoms with van der Waals surface area (Å²) in [7, 11) is 0. The number of pyridine rings is 1. The molecule has 0 atom stereocenters. The number of nitrogens with one attached hydrogen (secondary N) is 1. The largest absolute Gasteiger partial charge is 0.389 e. The van der Waals surface area contributed by atoms with Crippen LogP contribution < -0.4 is 16.8 Å². The Morgan fingerprint density at radius 3 is 2.78 bits per heavy atom. The van der Waals surface area contributed by atoms with Crippen LogP contribution in [0.25, 0.3) is 0 Å². The number of allylic oxidation sites excluding steroid dienone is 2. The van der Waals surface area contributed by atoms with Gasteiger partial charge in [0.1, 0.15) is 5.82 Å². The van der Waals surface area contributed by atoms with Crippen molar-refractivity contribution in [3.63, 3.8) is 0 Å². The van der Waals surface area contributed by atoms with Gasteiger partial charge in [0, 0.05) is 11.4 Å². The monoisotopic (exact) mass is 266 g/mol. The molecule has 0 aliphatic heterocycles. The van der Waals surface area contributed by atoms with Crippen molar-refractivity contribution in [2.24, 2.45) is 11.5 Å². The molecule has 0 bridgehead atoms. The molecule has 0 saturated heterocycles. The number of aryl methyl sites for hydroxylation is 1. The van der Waals surface area contributed by atoms with E-state index in [-0.39, 0.29) is 23.3 Å². The maximum atomic E-state index is 11.6. The van der Waals surface area contributed by atoms with Crippen molar-refractivity contribution in [3.05, 3.63) is 52.7 Å². The fourth-order valence-electron chi connectivity index (χ4n) is 1.28. The van der Waals surface area contributed by atoms with Crippen molar-refractivity contribution >= 4 is 17.5 Å². The van der Waals surface area contributed by atoms with Crippen LogP contribution in [-0.4, -0.2) is 10.9 Å². The number of nitrogens with two attached hydrogens (primary N) is 2. The van der Waals surface area contributed by atoms with E-state index >= 15 is 0 Å². The number of nitrogens with zero attached hydrogens (tertiary/aromatic N) is 1. The van der Waals surface area contributed by atoms with E-state index in [0.717, 1.165) is 5.69 Å². The first-order valence-electron chi connectivity index (χ1n) is 5.28. The SMILES string of the molecule is Cc1cccc(CC(=O)N/C(N)=C/C=C(\N)Cl)n1. The molecule has 1 aromatic rings. The topological polar surface area (TPSA) is 94.0 Å². The van der Waals surface area contributed by atoms with E-state index < -0.39 is 0 Å². The van der Waals surface area contributed by atoms with Crippen molar-refractivity contribution in [2.45, 2.75) is 13.3 Å². The third kappa shape index (κ3) is 5.36. The Morgan fingerprint density at radius 1 is 1.44 bits per heavy atom. The summed E-state index contributed by atoms with van der Waals surface area (Å²) < 4.78 is 0. The van der Waals surface area contributed by atoms with Gasteiger partial charge in [-0.2, -0.15) is 0 Å². The lowest BCUT2D eigenvalue weighted by Crippen LogP contribution is -2.29. The van der Waals surface area contributed by atoms with E-state index in [2.05, 4.69) is 10.3 Å². The van der Waals surface area contributed by atoms with Crippen LogP contribution in [0.2, 0.25) is 0 Å². The second-order valence-electron chi connectivity index (χ2n) is 3.67. The summed E-state index contributed by atoms with van der Waals surface area (Å²) in [4.78, 5) is 15.8.